The second kappa shape index (κ2) is 8.91. The molecule has 5 heteroatoms. The summed E-state index contributed by atoms with van der Waals surface area (Å²) in [6.45, 7) is 2.48. The van der Waals surface area contributed by atoms with Crippen molar-refractivity contribution in [2.24, 2.45) is 5.92 Å². The van der Waals surface area contributed by atoms with Gasteiger partial charge in [0.15, 0.2) is 0 Å². The molecule has 0 aromatic heterocycles. The van der Waals surface area contributed by atoms with Crippen molar-refractivity contribution in [1.82, 2.24) is 10.6 Å². The summed E-state index contributed by atoms with van der Waals surface area (Å²) >= 11 is 0. The predicted molar refractivity (Wildman–Crippen MR) is 73.5 cm³/mol. The number of amides is 2. The number of aliphatic hydroxyl groups is 1. The van der Waals surface area contributed by atoms with E-state index >= 15 is 0 Å². The zero-order chi connectivity index (χ0) is 14.1. The molecule has 0 spiro atoms. The van der Waals surface area contributed by atoms with E-state index in [1.165, 1.54) is 0 Å². The minimum atomic E-state index is -0.0443. The molecule has 1 aliphatic rings. The first-order valence-corrected chi connectivity index (χ1v) is 7.31. The van der Waals surface area contributed by atoms with Crippen LogP contribution in [0.5, 0.6) is 0 Å². The normalized spacial score (nSPS) is 17.2. The molecule has 19 heavy (non-hydrogen) atoms. The Hall–Kier alpha value is -1.10. The van der Waals surface area contributed by atoms with Gasteiger partial charge in [-0.1, -0.05) is 12.8 Å². The van der Waals surface area contributed by atoms with E-state index in [-0.39, 0.29) is 30.4 Å². The third-order valence-corrected chi connectivity index (χ3v) is 3.58. The minimum Gasteiger partial charge on any atom is -0.396 e. The molecule has 3 N–H and O–H groups in total. The molecule has 1 unspecified atom stereocenters. The molecule has 0 radical (unpaired) electrons. The maximum Gasteiger partial charge on any atom is 0.223 e. The molecule has 0 aromatic rings. The van der Waals surface area contributed by atoms with Gasteiger partial charge in [0.05, 0.1) is 0 Å². The van der Waals surface area contributed by atoms with Gasteiger partial charge in [0.1, 0.15) is 0 Å². The van der Waals surface area contributed by atoms with Gasteiger partial charge < -0.3 is 15.7 Å². The van der Waals surface area contributed by atoms with E-state index in [0.29, 0.717) is 19.4 Å². The van der Waals surface area contributed by atoms with Crippen molar-refractivity contribution in [3.63, 3.8) is 0 Å². The molecule has 0 aromatic carbocycles. The monoisotopic (exact) mass is 270 g/mol. The molecular weight excluding hydrogens is 244 g/mol. The number of carbonyl (C=O) groups is 2. The maximum atomic E-state index is 11.7. The Morgan fingerprint density at radius 2 is 2.00 bits per heavy atom. The summed E-state index contributed by atoms with van der Waals surface area (Å²) in [5.74, 6) is 0.210. The molecule has 0 aliphatic heterocycles. The van der Waals surface area contributed by atoms with Gasteiger partial charge in [0, 0.05) is 31.5 Å². The average molecular weight is 270 g/mol. The van der Waals surface area contributed by atoms with Crippen molar-refractivity contribution in [3.8, 4) is 0 Å². The third kappa shape index (κ3) is 6.57. The van der Waals surface area contributed by atoms with Crippen molar-refractivity contribution in [2.75, 3.05) is 13.2 Å². The highest BCUT2D eigenvalue weighted by atomic mass is 16.3. The lowest BCUT2D eigenvalue weighted by Crippen LogP contribution is -2.36. The summed E-state index contributed by atoms with van der Waals surface area (Å²) in [4.78, 5) is 23.3. The van der Waals surface area contributed by atoms with E-state index in [0.717, 1.165) is 32.1 Å². The Kier molecular flexibility index (Phi) is 7.48. The first-order chi connectivity index (χ1) is 9.13. The smallest absolute Gasteiger partial charge is 0.223 e. The van der Waals surface area contributed by atoms with Crippen LogP contribution in [0.15, 0.2) is 0 Å². The van der Waals surface area contributed by atoms with Crippen LogP contribution in [0.1, 0.15) is 51.9 Å². The Labute approximate surface area is 115 Å². The van der Waals surface area contributed by atoms with Gasteiger partial charge in [-0.2, -0.15) is 0 Å². The summed E-state index contributed by atoms with van der Waals surface area (Å²) in [6.07, 6.45) is 6.03. The van der Waals surface area contributed by atoms with Crippen LogP contribution in [-0.4, -0.2) is 36.1 Å². The number of carbonyl (C=O) groups excluding carboxylic acids is 2. The summed E-state index contributed by atoms with van der Waals surface area (Å²) in [6, 6.07) is 0.0742. The Morgan fingerprint density at radius 1 is 1.32 bits per heavy atom. The van der Waals surface area contributed by atoms with Crippen LogP contribution < -0.4 is 10.6 Å². The number of hydrogen-bond donors (Lipinski definition) is 3. The van der Waals surface area contributed by atoms with Crippen LogP contribution in [0.3, 0.4) is 0 Å². The van der Waals surface area contributed by atoms with Crippen molar-refractivity contribution in [1.29, 1.82) is 0 Å². The molecule has 1 rings (SSSR count). The number of hydrogen-bond acceptors (Lipinski definition) is 3. The fourth-order valence-corrected chi connectivity index (χ4v) is 2.45. The fraction of sp³-hybridized carbons (Fsp3) is 0.857. The first kappa shape index (κ1) is 16.0. The quantitative estimate of drug-likeness (QED) is 0.614. The molecule has 5 nitrogen and oxygen atoms in total. The zero-order valence-electron chi connectivity index (χ0n) is 11.8. The molecular formula is C14H26N2O3. The van der Waals surface area contributed by atoms with Crippen LogP contribution in [-0.2, 0) is 9.59 Å². The highest BCUT2D eigenvalue weighted by Gasteiger charge is 2.22. The lowest BCUT2D eigenvalue weighted by atomic mass is 10.1. The average Bonchev–Trinajstić information content (AvgIpc) is 2.90. The second-order valence-corrected chi connectivity index (χ2v) is 5.36. The molecule has 1 saturated carbocycles. The SMILES string of the molecule is CC(CCCO)NC(=O)CCNC(=O)C1CCCC1. The van der Waals surface area contributed by atoms with E-state index in [4.69, 9.17) is 5.11 Å². The third-order valence-electron chi connectivity index (χ3n) is 3.58. The van der Waals surface area contributed by atoms with Crippen LogP contribution in [0.4, 0.5) is 0 Å². The topological polar surface area (TPSA) is 78.4 Å². The Morgan fingerprint density at radius 3 is 2.63 bits per heavy atom. The highest BCUT2D eigenvalue weighted by Crippen LogP contribution is 2.24. The van der Waals surface area contributed by atoms with Gasteiger partial charge >= 0.3 is 0 Å². The Bertz CT molecular complexity index is 288. The molecule has 0 saturated heterocycles. The standard InChI is InChI=1S/C14H26N2O3/c1-11(5-4-10-17)16-13(18)8-9-15-14(19)12-6-2-3-7-12/h11-12,17H,2-10H2,1H3,(H,15,19)(H,16,18). The van der Waals surface area contributed by atoms with Crippen LogP contribution >= 0.6 is 0 Å². The van der Waals surface area contributed by atoms with Crippen LogP contribution in [0, 0.1) is 5.92 Å². The van der Waals surface area contributed by atoms with Gasteiger partial charge in [-0.05, 0) is 32.6 Å². The van der Waals surface area contributed by atoms with Gasteiger partial charge in [-0.3, -0.25) is 9.59 Å². The zero-order valence-corrected chi connectivity index (χ0v) is 11.8. The van der Waals surface area contributed by atoms with Crippen LogP contribution in [0.25, 0.3) is 0 Å². The predicted octanol–water partition coefficient (Wildman–Crippen LogP) is 0.960. The van der Waals surface area contributed by atoms with Gasteiger partial charge in [-0.15, -0.1) is 0 Å². The highest BCUT2D eigenvalue weighted by molar-refractivity contribution is 5.80. The van der Waals surface area contributed by atoms with Gasteiger partial charge in [-0.25, -0.2) is 0 Å². The molecule has 1 aliphatic carbocycles. The lowest BCUT2D eigenvalue weighted by molar-refractivity contribution is -0.125. The van der Waals surface area contributed by atoms with Gasteiger partial charge in [0.25, 0.3) is 0 Å². The maximum absolute atomic E-state index is 11.7. The van der Waals surface area contributed by atoms with Crippen molar-refractivity contribution in [2.45, 2.75) is 57.9 Å². The first-order valence-electron chi connectivity index (χ1n) is 7.31. The molecule has 1 fully saturated rings. The molecule has 1 atom stereocenters. The van der Waals surface area contributed by atoms with E-state index in [2.05, 4.69) is 10.6 Å². The lowest BCUT2D eigenvalue weighted by Gasteiger charge is -2.14. The van der Waals surface area contributed by atoms with Crippen molar-refractivity contribution >= 4 is 11.8 Å². The molecule has 0 heterocycles. The second-order valence-electron chi connectivity index (χ2n) is 5.36. The largest absolute Gasteiger partial charge is 0.396 e. The van der Waals surface area contributed by atoms with E-state index in [1.54, 1.807) is 0 Å². The van der Waals surface area contributed by atoms with Crippen molar-refractivity contribution < 1.29 is 14.7 Å². The number of aliphatic hydroxyl groups excluding tert-OH is 1. The summed E-state index contributed by atoms with van der Waals surface area (Å²) in [5.41, 5.74) is 0. The van der Waals surface area contributed by atoms with E-state index < -0.39 is 0 Å². The summed E-state index contributed by atoms with van der Waals surface area (Å²) in [5, 5.41) is 14.4. The van der Waals surface area contributed by atoms with E-state index in [9.17, 15) is 9.59 Å². The molecule has 110 valence electrons. The minimum absolute atomic E-state index is 0.0443. The summed E-state index contributed by atoms with van der Waals surface area (Å²) < 4.78 is 0. The number of rotatable bonds is 8. The van der Waals surface area contributed by atoms with Crippen molar-refractivity contribution in [3.05, 3.63) is 0 Å². The van der Waals surface area contributed by atoms with Gasteiger partial charge in [0.2, 0.25) is 11.8 Å². The van der Waals surface area contributed by atoms with Crippen LogP contribution in [0.2, 0.25) is 0 Å². The fourth-order valence-electron chi connectivity index (χ4n) is 2.45. The number of nitrogens with one attached hydrogen (secondary N) is 2. The van der Waals surface area contributed by atoms with E-state index in [1.807, 2.05) is 6.92 Å². The molecule has 2 amide bonds. The Balaban J connectivity index is 2.07. The summed E-state index contributed by atoms with van der Waals surface area (Å²) in [7, 11) is 0. The molecule has 0 bridgehead atoms.